The molecule has 0 spiro atoms. The summed E-state index contributed by atoms with van der Waals surface area (Å²) < 4.78 is 21.6. The second-order valence-electron chi connectivity index (χ2n) is 6.73. The number of benzene rings is 2. The van der Waals surface area contributed by atoms with E-state index in [4.69, 9.17) is 4.74 Å². The van der Waals surface area contributed by atoms with Crippen molar-refractivity contribution in [3.05, 3.63) is 64.8 Å². The van der Waals surface area contributed by atoms with Gasteiger partial charge in [0.1, 0.15) is 5.82 Å². The number of hydrogen-bond acceptors (Lipinski definition) is 3. The minimum absolute atomic E-state index is 0.102. The molecule has 0 bridgehead atoms. The Kier molecular flexibility index (Phi) is 4.67. The van der Waals surface area contributed by atoms with Gasteiger partial charge in [0.15, 0.2) is 0 Å². The van der Waals surface area contributed by atoms with Crippen LogP contribution in [0.5, 0.6) is 0 Å². The van der Waals surface area contributed by atoms with E-state index in [-0.39, 0.29) is 18.0 Å². The molecule has 3 aromatic rings. The topological polar surface area (TPSA) is 12.5 Å². The SMILES string of the molecule is C[C@@H]1CN(c2ccc(C#Cc3cc4ccccc4s3)cc2F)C[C@H](C)O1. The quantitative estimate of drug-likeness (QED) is 0.559. The van der Waals surface area contributed by atoms with Crippen molar-refractivity contribution in [2.75, 3.05) is 18.0 Å². The molecule has 0 unspecified atom stereocenters. The van der Waals surface area contributed by atoms with Crippen molar-refractivity contribution in [3.63, 3.8) is 0 Å². The number of ether oxygens (including phenoxy) is 1. The molecule has 1 aliphatic rings. The van der Waals surface area contributed by atoms with Gasteiger partial charge in [0.2, 0.25) is 0 Å². The molecule has 2 nitrogen and oxygen atoms in total. The fourth-order valence-electron chi connectivity index (χ4n) is 3.39. The first-order valence-electron chi connectivity index (χ1n) is 8.79. The maximum atomic E-state index is 14.6. The highest BCUT2D eigenvalue weighted by Crippen LogP contribution is 2.26. The fourth-order valence-corrected chi connectivity index (χ4v) is 4.31. The molecule has 2 aromatic carbocycles. The molecule has 0 aliphatic carbocycles. The normalized spacial score (nSPS) is 20.0. The van der Waals surface area contributed by atoms with E-state index in [1.54, 1.807) is 11.3 Å². The molecule has 0 amide bonds. The third-order valence-corrected chi connectivity index (χ3v) is 5.50. The van der Waals surface area contributed by atoms with Crippen LogP contribution in [0.25, 0.3) is 10.1 Å². The maximum absolute atomic E-state index is 14.6. The molecule has 4 heteroatoms. The van der Waals surface area contributed by atoms with Crippen molar-refractivity contribution < 1.29 is 9.13 Å². The third kappa shape index (κ3) is 3.60. The van der Waals surface area contributed by atoms with Crippen molar-refractivity contribution in [2.45, 2.75) is 26.1 Å². The molecule has 132 valence electrons. The summed E-state index contributed by atoms with van der Waals surface area (Å²) in [6.45, 7) is 5.44. The van der Waals surface area contributed by atoms with E-state index >= 15 is 0 Å². The average Bonchev–Trinajstić information content (AvgIpc) is 3.02. The van der Waals surface area contributed by atoms with Gasteiger partial charge >= 0.3 is 0 Å². The second kappa shape index (κ2) is 7.11. The summed E-state index contributed by atoms with van der Waals surface area (Å²) in [5.41, 5.74) is 1.32. The Labute approximate surface area is 157 Å². The third-order valence-electron chi connectivity index (χ3n) is 4.46. The lowest BCUT2D eigenvalue weighted by Crippen LogP contribution is -2.45. The first-order chi connectivity index (χ1) is 12.6. The Bertz CT molecular complexity index is 957. The molecule has 0 radical (unpaired) electrons. The Morgan fingerprint density at radius 2 is 1.81 bits per heavy atom. The molecule has 1 fully saturated rings. The van der Waals surface area contributed by atoms with Crippen molar-refractivity contribution in [1.29, 1.82) is 0 Å². The molecule has 2 heterocycles. The van der Waals surface area contributed by atoms with Crippen LogP contribution in [0.4, 0.5) is 10.1 Å². The van der Waals surface area contributed by atoms with Gasteiger partial charge in [-0.25, -0.2) is 4.39 Å². The average molecular weight is 365 g/mol. The monoisotopic (exact) mass is 365 g/mol. The van der Waals surface area contributed by atoms with E-state index in [1.807, 2.05) is 38.1 Å². The highest BCUT2D eigenvalue weighted by molar-refractivity contribution is 7.19. The molecule has 0 saturated carbocycles. The molecule has 26 heavy (non-hydrogen) atoms. The Balaban J connectivity index is 1.56. The van der Waals surface area contributed by atoms with Gasteiger partial charge in [-0.1, -0.05) is 30.0 Å². The summed E-state index contributed by atoms with van der Waals surface area (Å²) in [6.07, 6.45) is 0.205. The highest BCUT2D eigenvalue weighted by Gasteiger charge is 2.24. The number of halogens is 1. The molecular weight excluding hydrogens is 345 g/mol. The zero-order valence-corrected chi connectivity index (χ0v) is 15.6. The second-order valence-corrected chi connectivity index (χ2v) is 7.81. The Morgan fingerprint density at radius 1 is 1.04 bits per heavy atom. The molecule has 1 aliphatic heterocycles. The van der Waals surface area contributed by atoms with Gasteiger partial charge in [-0.2, -0.15) is 0 Å². The van der Waals surface area contributed by atoms with Crippen molar-refractivity contribution in [3.8, 4) is 11.8 Å². The summed E-state index contributed by atoms with van der Waals surface area (Å²) in [5, 5.41) is 1.19. The minimum atomic E-state index is -0.227. The lowest BCUT2D eigenvalue weighted by molar-refractivity contribution is -0.00539. The van der Waals surface area contributed by atoms with Crippen LogP contribution < -0.4 is 4.90 Å². The number of rotatable bonds is 1. The van der Waals surface area contributed by atoms with Crippen LogP contribution in [0.2, 0.25) is 0 Å². The van der Waals surface area contributed by atoms with E-state index in [2.05, 4.69) is 34.9 Å². The predicted octanol–water partition coefficient (Wildman–Crippen LogP) is 5.05. The van der Waals surface area contributed by atoms with Crippen molar-refractivity contribution in [1.82, 2.24) is 0 Å². The van der Waals surface area contributed by atoms with Gasteiger partial charge in [0.25, 0.3) is 0 Å². The van der Waals surface area contributed by atoms with Gasteiger partial charge < -0.3 is 9.64 Å². The summed E-state index contributed by atoms with van der Waals surface area (Å²) >= 11 is 1.66. The number of anilines is 1. The first kappa shape index (κ1) is 17.1. The van der Waals surface area contributed by atoms with Gasteiger partial charge in [-0.05, 0) is 49.6 Å². The molecule has 0 N–H and O–H groups in total. The van der Waals surface area contributed by atoms with E-state index < -0.39 is 0 Å². The minimum Gasteiger partial charge on any atom is -0.372 e. The summed E-state index contributed by atoms with van der Waals surface area (Å²) in [4.78, 5) is 3.05. The molecular formula is C22H20FNOS. The maximum Gasteiger partial charge on any atom is 0.147 e. The zero-order chi connectivity index (χ0) is 18.1. The lowest BCUT2D eigenvalue weighted by atomic mass is 10.1. The van der Waals surface area contributed by atoms with Crippen LogP contribution in [0.15, 0.2) is 48.5 Å². The lowest BCUT2D eigenvalue weighted by Gasteiger charge is -2.37. The fraction of sp³-hybridized carbons (Fsp3) is 0.273. The predicted molar refractivity (Wildman–Crippen MR) is 106 cm³/mol. The number of hydrogen-bond donors (Lipinski definition) is 0. The van der Waals surface area contributed by atoms with Crippen molar-refractivity contribution >= 4 is 27.1 Å². The molecule has 1 saturated heterocycles. The smallest absolute Gasteiger partial charge is 0.147 e. The number of morpholine rings is 1. The number of thiophene rings is 1. The van der Waals surface area contributed by atoms with Crippen LogP contribution in [-0.2, 0) is 4.74 Å². The number of nitrogens with zero attached hydrogens (tertiary/aromatic N) is 1. The summed E-state index contributed by atoms with van der Waals surface area (Å²) in [7, 11) is 0. The Hall–Kier alpha value is -2.35. The largest absolute Gasteiger partial charge is 0.372 e. The van der Waals surface area contributed by atoms with E-state index in [1.165, 1.54) is 16.2 Å². The summed E-state index contributed by atoms with van der Waals surface area (Å²) in [5.74, 6) is 6.02. The standard InChI is InChI=1S/C22H20FNOS/c1-15-13-24(14-16(2)25-15)21-10-8-17(11-20(21)23)7-9-19-12-18-5-3-4-6-22(18)26-19/h3-6,8,10-12,15-16H,13-14H2,1-2H3/t15-,16+. The highest BCUT2D eigenvalue weighted by atomic mass is 32.1. The van der Waals surface area contributed by atoms with Crippen LogP contribution in [0.1, 0.15) is 24.3 Å². The van der Waals surface area contributed by atoms with Gasteiger partial charge in [-0.15, -0.1) is 11.3 Å². The molecule has 1 aromatic heterocycles. The van der Waals surface area contributed by atoms with E-state index in [0.29, 0.717) is 24.3 Å². The zero-order valence-electron chi connectivity index (χ0n) is 14.8. The Morgan fingerprint density at radius 3 is 2.54 bits per heavy atom. The van der Waals surface area contributed by atoms with Gasteiger partial charge in [0, 0.05) is 23.4 Å². The van der Waals surface area contributed by atoms with Crippen LogP contribution >= 0.6 is 11.3 Å². The molecule has 4 rings (SSSR count). The first-order valence-corrected chi connectivity index (χ1v) is 9.61. The van der Waals surface area contributed by atoms with Gasteiger partial charge in [-0.3, -0.25) is 0 Å². The number of fused-ring (bicyclic) bond motifs is 1. The summed E-state index contributed by atoms with van der Waals surface area (Å²) in [6, 6.07) is 15.5. The molecule has 2 atom stereocenters. The van der Waals surface area contributed by atoms with E-state index in [9.17, 15) is 4.39 Å². The van der Waals surface area contributed by atoms with E-state index in [0.717, 1.165) is 4.88 Å². The van der Waals surface area contributed by atoms with Crippen molar-refractivity contribution in [2.24, 2.45) is 0 Å². The van der Waals surface area contributed by atoms with Gasteiger partial charge in [0.05, 0.1) is 22.8 Å². The van der Waals surface area contributed by atoms with Crippen LogP contribution in [0, 0.1) is 17.7 Å². The van der Waals surface area contributed by atoms with Crippen LogP contribution in [-0.4, -0.2) is 25.3 Å². The van der Waals surface area contributed by atoms with Crippen LogP contribution in [0.3, 0.4) is 0 Å².